The number of hydrogen-bond donors (Lipinski definition) is 2. The van der Waals surface area contributed by atoms with Crippen molar-refractivity contribution in [2.45, 2.75) is 32.6 Å². The van der Waals surface area contributed by atoms with Crippen molar-refractivity contribution in [3.63, 3.8) is 0 Å². The van der Waals surface area contributed by atoms with Crippen LogP contribution in [0.1, 0.15) is 30.7 Å². The Balaban J connectivity index is 1.40. The van der Waals surface area contributed by atoms with Gasteiger partial charge in [-0.2, -0.15) is 0 Å². The molecule has 27 heavy (non-hydrogen) atoms. The zero-order chi connectivity index (χ0) is 19.1. The molecule has 2 aromatic rings. The van der Waals surface area contributed by atoms with Gasteiger partial charge >= 0.3 is 0 Å². The first-order valence-electron chi connectivity index (χ1n) is 9.46. The van der Waals surface area contributed by atoms with Gasteiger partial charge in [0.15, 0.2) is 0 Å². The fourth-order valence-electron chi connectivity index (χ4n) is 3.18. The smallest absolute Gasteiger partial charge is 0.220 e. The summed E-state index contributed by atoms with van der Waals surface area (Å²) >= 11 is 5.96. The van der Waals surface area contributed by atoms with Crippen LogP contribution in [0.25, 0.3) is 0 Å². The van der Waals surface area contributed by atoms with Gasteiger partial charge in [0, 0.05) is 43.7 Å². The van der Waals surface area contributed by atoms with E-state index >= 15 is 0 Å². The van der Waals surface area contributed by atoms with Crippen LogP contribution in [0.15, 0.2) is 30.3 Å². The van der Waals surface area contributed by atoms with Gasteiger partial charge in [-0.15, -0.1) is 0 Å². The van der Waals surface area contributed by atoms with Gasteiger partial charge in [0.2, 0.25) is 5.91 Å². The van der Waals surface area contributed by atoms with Crippen LogP contribution in [-0.4, -0.2) is 42.1 Å². The van der Waals surface area contributed by atoms with E-state index in [4.69, 9.17) is 11.6 Å². The molecule has 0 unspecified atom stereocenters. The molecular weight excluding hydrogens is 362 g/mol. The number of hydrogen-bond acceptors (Lipinski definition) is 5. The third-order valence-electron chi connectivity index (χ3n) is 4.54. The summed E-state index contributed by atoms with van der Waals surface area (Å²) in [6.45, 7) is 5.19. The molecule has 1 aliphatic heterocycles. The number of carbonyl (C=O) groups excluding carboxylic acids is 1. The second-order valence-corrected chi connectivity index (χ2v) is 7.20. The number of carbonyl (C=O) groups is 1. The molecule has 1 aromatic heterocycles. The summed E-state index contributed by atoms with van der Waals surface area (Å²) in [4.78, 5) is 23.2. The summed E-state index contributed by atoms with van der Waals surface area (Å²) in [6, 6.07) is 9.60. The van der Waals surface area contributed by atoms with Crippen LogP contribution in [0, 0.1) is 6.92 Å². The van der Waals surface area contributed by atoms with Gasteiger partial charge in [-0.3, -0.25) is 4.79 Å². The number of rotatable bonds is 8. The van der Waals surface area contributed by atoms with Gasteiger partial charge in [0.25, 0.3) is 0 Å². The SMILES string of the molecule is Cc1nc(NCCNC(=O)CCc2cccc(Cl)c2)cc(N2CCCC2)n1. The van der Waals surface area contributed by atoms with Crippen LogP contribution in [0.2, 0.25) is 5.02 Å². The number of benzene rings is 1. The minimum Gasteiger partial charge on any atom is -0.368 e. The number of aromatic nitrogens is 2. The lowest BCUT2D eigenvalue weighted by atomic mass is 10.1. The third-order valence-corrected chi connectivity index (χ3v) is 4.77. The fraction of sp³-hybridized carbons (Fsp3) is 0.450. The van der Waals surface area contributed by atoms with Gasteiger partial charge in [-0.1, -0.05) is 23.7 Å². The molecule has 1 aliphatic rings. The molecule has 1 fully saturated rings. The van der Waals surface area contributed by atoms with Crippen molar-refractivity contribution in [3.8, 4) is 0 Å². The molecule has 7 heteroatoms. The molecule has 2 N–H and O–H groups in total. The Morgan fingerprint density at radius 3 is 2.78 bits per heavy atom. The lowest BCUT2D eigenvalue weighted by Gasteiger charge is -2.17. The summed E-state index contributed by atoms with van der Waals surface area (Å²) in [6.07, 6.45) is 3.57. The Morgan fingerprint density at radius 1 is 1.19 bits per heavy atom. The van der Waals surface area contributed by atoms with Crippen molar-refractivity contribution in [2.24, 2.45) is 0 Å². The molecule has 1 amide bonds. The minimum absolute atomic E-state index is 0.0356. The number of amides is 1. The maximum atomic E-state index is 12.0. The molecule has 0 atom stereocenters. The number of nitrogens with zero attached hydrogens (tertiary/aromatic N) is 3. The fourth-order valence-corrected chi connectivity index (χ4v) is 3.39. The number of nitrogens with one attached hydrogen (secondary N) is 2. The largest absolute Gasteiger partial charge is 0.368 e. The summed E-state index contributed by atoms with van der Waals surface area (Å²) < 4.78 is 0. The first-order valence-corrected chi connectivity index (χ1v) is 9.83. The lowest BCUT2D eigenvalue weighted by Crippen LogP contribution is -2.29. The van der Waals surface area contributed by atoms with Crippen molar-refractivity contribution in [3.05, 3.63) is 46.7 Å². The Kier molecular flexibility index (Phi) is 6.87. The molecule has 1 saturated heterocycles. The van der Waals surface area contributed by atoms with E-state index in [1.807, 2.05) is 37.3 Å². The molecule has 0 aliphatic carbocycles. The highest BCUT2D eigenvalue weighted by Crippen LogP contribution is 2.20. The van der Waals surface area contributed by atoms with E-state index in [0.717, 1.165) is 36.1 Å². The summed E-state index contributed by atoms with van der Waals surface area (Å²) in [5.74, 6) is 2.58. The van der Waals surface area contributed by atoms with Gasteiger partial charge in [0.1, 0.15) is 17.5 Å². The minimum atomic E-state index is 0.0356. The van der Waals surface area contributed by atoms with E-state index in [0.29, 0.717) is 31.0 Å². The van der Waals surface area contributed by atoms with Crippen molar-refractivity contribution < 1.29 is 4.79 Å². The van der Waals surface area contributed by atoms with Gasteiger partial charge in [0.05, 0.1) is 0 Å². The zero-order valence-electron chi connectivity index (χ0n) is 15.7. The van der Waals surface area contributed by atoms with Crippen molar-refractivity contribution in [2.75, 3.05) is 36.4 Å². The maximum absolute atomic E-state index is 12.0. The molecule has 1 aromatic carbocycles. The van der Waals surface area contributed by atoms with Crippen LogP contribution in [0.3, 0.4) is 0 Å². The number of halogens is 1. The van der Waals surface area contributed by atoms with E-state index in [-0.39, 0.29) is 5.91 Å². The Morgan fingerprint density at radius 2 is 2.00 bits per heavy atom. The summed E-state index contributed by atoms with van der Waals surface area (Å²) in [5.41, 5.74) is 1.07. The van der Waals surface area contributed by atoms with Crippen LogP contribution in [-0.2, 0) is 11.2 Å². The van der Waals surface area contributed by atoms with Gasteiger partial charge in [-0.25, -0.2) is 9.97 Å². The number of anilines is 2. The maximum Gasteiger partial charge on any atom is 0.220 e. The highest BCUT2D eigenvalue weighted by Gasteiger charge is 2.15. The normalized spacial score (nSPS) is 13.6. The average Bonchev–Trinajstić information content (AvgIpc) is 3.18. The summed E-state index contributed by atoms with van der Waals surface area (Å²) in [5, 5.41) is 6.91. The van der Waals surface area contributed by atoms with E-state index in [1.54, 1.807) is 0 Å². The molecule has 0 bridgehead atoms. The van der Waals surface area contributed by atoms with Crippen molar-refractivity contribution >= 4 is 29.1 Å². The average molecular weight is 388 g/mol. The zero-order valence-corrected chi connectivity index (χ0v) is 16.4. The first-order chi connectivity index (χ1) is 13.1. The lowest BCUT2D eigenvalue weighted by molar-refractivity contribution is -0.120. The molecule has 6 nitrogen and oxygen atoms in total. The van der Waals surface area contributed by atoms with Crippen LogP contribution in [0.5, 0.6) is 0 Å². The van der Waals surface area contributed by atoms with E-state index < -0.39 is 0 Å². The third kappa shape index (κ3) is 6.10. The molecule has 3 rings (SSSR count). The quantitative estimate of drug-likeness (QED) is 0.680. The van der Waals surface area contributed by atoms with Crippen molar-refractivity contribution in [1.29, 1.82) is 0 Å². The molecule has 0 spiro atoms. The van der Waals surface area contributed by atoms with Crippen LogP contribution < -0.4 is 15.5 Å². The summed E-state index contributed by atoms with van der Waals surface area (Å²) in [7, 11) is 0. The van der Waals surface area contributed by atoms with Gasteiger partial charge in [-0.05, 0) is 43.9 Å². The Bertz CT molecular complexity index is 777. The molecule has 0 saturated carbocycles. The molecule has 2 heterocycles. The van der Waals surface area contributed by atoms with Gasteiger partial charge < -0.3 is 15.5 Å². The van der Waals surface area contributed by atoms with E-state index in [9.17, 15) is 4.79 Å². The Hall–Kier alpha value is -2.34. The predicted octanol–water partition coefficient (Wildman–Crippen LogP) is 3.20. The van der Waals surface area contributed by atoms with E-state index in [2.05, 4.69) is 25.5 Å². The van der Waals surface area contributed by atoms with Crippen LogP contribution >= 0.6 is 11.6 Å². The van der Waals surface area contributed by atoms with Crippen molar-refractivity contribution in [1.82, 2.24) is 15.3 Å². The highest BCUT2D eigenvalue weighted by atomic mass is 35.5. The monoisotopic (exact) mass is 387 g/mol. The molecule has 0 radical (unpaired) electrons. The topological polar surface area (TPSA) is 70.2 Å². The molecular formula is C20H26ClN5O. The predicted molar refractivity (Wildman–Crippen MR) is 109 cm³/mol. The first kappa shape index (κ1) is 19.4. The second kappa shape index (κ2) is 9.55. The Labute approximate surface area is 165 Å². The second-order valence-electron chi connectivity index (χ2n) is 6.76. The standard InChI is InChI=1S/C20H26ClN5O/c1-15-24-18(14-19(25-15)26-11-2-3-12-26)22-9-10-23-20(27)8-7-16-5-4-6-17(21)13-16/h4-6,13-14H,2-3,7-12H2,1H3,(H,23,27)(H,22,24,25). The van der Waals surface area contributed by atoms with E-state index in [1.165, 1.54) is 12.8 Å². The molecule has 144 valence electrons. The number of aryl methyl sites for hydroxylation is 2. The highest BCUT2D eigenvalue weighted by molar-refractivity contribution is 6.30. The van der Waals surface area contributed by atoms with Crippen LogP contribution in [0.4, 0.5) is 11.6 Å².